The molecule has 32 valence electrons. The molecule has 0 bridgehead atoms. The van der Waals surface area contributed by atoms with Crippen LogP contribution in [0.1, 0.15) is 0 Å². The maximum Gasteiger partial charge on any atom is 0.145 e. The first kappa shape index (κ1) is 4.84. The average molecular weight is 77.1 g/mol. The Kier molecular flexibility index (Phi) is 3.72. The van der Waals surface area contributed by atoms with Gasteiger partial charge in [0.05, 0.1) is 0 Å². The molecule has 4 nitrogen and oxygen atoms in total. The Morgan fingerprint density at radius 1 is 1.80 bits per heavy atom. The SMILES string of the molecule is NC[NH2+]NN. The Balaban J connectivity index is 2.19. The summed E-state index contributed by atoms with van der Waals surface area (Å²) in [6.07, 6.45) is 0. The van der Waals surface area contributed by atoms with Gasteiger partial charge in [0.2, 0.25) is 0 Å². The van der Waals surface area contributed by atoms with E-state index in [1.807, 2.05) is 0 Å². The molecule has 0 saturated carbocycles. The first-order valence-electron chi connectivity index (χ1n) is 1.39. The van der Waals surface area contributed by atoms with Crippen molar-refractivity contribution in [1.29, 1.82) is 0 Å². The Morgan fingerprint density at radius 3 is 2.40 bits per heavy atom. The van der Waals surface area contributed by atoms with Crippen LogP contribution in [0.3, 0.4) is 0 Å². The van der Waals surface area contributed by atoms with Crippen LogP contribution in [0, 0.1) is 0 Å². The summed E-state index contributed by atoms with van der Waals surface area (Å²) >= 11 is 0. The summed E-state index contributed by atoms with van der Waals surface area (Å²) in [5, 5.41) is 0. The molecule has 7 N–H and O–H groups in total. The Morgan fingerprint density at radius 2 is 2.40 bits per heavy atom. The minimum Gasteiger partial charge on any atom is -0.283 e. The monoisotopic (exact) mass is 77.1 g/mol. The minimum atomic E-state index is 0.483. The second-order valence-electron chi connectivity index (χ2n) is 0.606. The van der Waals surface area contributed by atoms with Crippen molar-refractivity contribution in [1.82, 2.24) is 5.53 Å². The summed E-state index contributed by atoms with van der Waals surface area (Å²) in [6, 6.07) is 0. The van der Waals surface area contributed by atoms with Crippen LogP contribution in [-0.4, -0.2) is 6.67 Å². The van der Waals surface area contributed by atoms with E-state index < -0.39 is 0 Å². The van der Waals surface area contributed by atoms with Crippen molar-refractivity contribution in [3.8, 4) is 0 Å². The molecule has 0 radical (unpaired) electrons. The van der Waals surface area contributed by atoms with Gasteiger partial charge < -0.3 is 0 Å². The third-order valence-electron chi connectivity index (χ3n) is 0.236. The van der Waals surface area contributed by atoms with Gasteiger partial charge in [-0.25, -0.2) is 11.3 Å². The van der Waals surface area contributed by atoms with Crippen molar-refractivity contribution in [2.24, 2.45) is 11.6 Å². The van der Waals surface area contributed by atoms with Gasteiger partial charge in [0.1, 0.15) is 6.67 Å². The van der Waals surface area contributed by atoms with Crippen LogP contribution in [-0.2, 0) is 0 Å². The fourth-order valence-electron chi connectivity index (χ4n) is 0.0680. The number of quaternary nitrogens is 1. The van der Waals surface area contributed by atoms with Crippen LogP contribution in [0.4, 0.5) is 0 Å². The molecule has 0 fully saturated rings. The smallest absolute Gasteiger partial charge is 0.145 e. The number of nitrogens with one attached hydrogen (secondary N) is 1. The van der Waals surface area contributed by atoms with Gasteiger partial charge in [-0.3, -0.25) is 5.73 Å². The zero-order valence-corrected chi connectivity index (χ0v) is 2.94. The predicted octanol–water partition coefficient (Wildman–Crippen LogP) is -3.16. The zero-order valence-electron chi connectivity index (χ0n) is 2.94. The first-order chi connectivity index (χ1) is 2.41. The Labute approximate surface area is 30.5 Å². The Hall–Kier alpha value is -0.160. The van der Waals surface area contributed by atoms with Gasteiger partial charge in [-0.05, 0) is 0 Å². The highest BCUT2D eigenvalue weighted by Gasteiger charge is 1.63. The van der Waals surface area contributed by atoms with Gasteiger partial charge in [-0.1, -0.05) is 0 Å². The van der Waals surface area contributed by atoms with Crippen molar-refractivity contribution in [3.05, 3.63) is 0 Å². The number of nitrogens with two attached hydrogens (primary N) is 3. The summed E-state index contributed by atoms with van der Waals surface area (Å²) in [4.78, 5) is 0. The second kappa shape index (κ2) is 3.84. The quantitative estimate of drug-likeness (QED) is 0.159. The molecule has 5 heavy (non-hydrogen) atoms. The molecule has 0 aromatic heterocycles. The standard InChI is InChI=1S/CH8N4/c2-1-4-5-3/h4-5H,1-3H2/p+1. The lowest BCUT2D eigenvalue weighted by Crippen LogP contribution is -2.97. The molecule has 0 aliphatic carbocycles. The van der Waals surface area contributed by atoms with Gasteiger partial charge in [0.15, 0.2) is 0 Å². The summed E-state index contributed by atoms with van der Waals surface area (Å²) in [6.45, 7) is 0.483. The van der Waals surface area contributed by atoms with E-state index in [0.717, 1.165) is 0 Å². The average Bonchev–Trinajstić information content (AvgIpc) is 1.41. The highest BCUT2D eigenvalue weighted by atomic mass is 15.5. The van der Waals surface area contributed by atoms with E-state index >= 15 is 0 Å². The molecule has 0 aromatic rings. The molecular weight excluding hydrogens is 68.0 g/mol. The highest BCUT2D eigenvalue weighted by molar-refractivity contribution is 3.78. The van der Waals surface area contributed by atoms with Gasteiger partial charge >= 0.3 is 0 Å². The molecule has 4 heteroatoms. The maximum absolute atomic E-state index is 4.94. The fraction of sp³-hybridized carbons (Fsp3) is 1.00. The molecule has 0 atom stereocenters. The van der Waals surface area contributed by atoms with Crippen LogP contribution in [0.25, 0.3) is 0 Å². The molecule has 0 aromatic carbocycles. The molecule has 0 spiro atoms. The molecule has 0 amide bonds. The number of hydrogen-bond acceptors (Lipinski definition) is 3. The van der Waals surface area contributed by atoms with E-state index in [2.05, 4.69) is 5.53 Å². The van der Waals surface area contributed by atoms with Gasteiger partial charge in [-0.15, -0.1) is 5.53 Å². The lowest BCUT2D eigenvalue weighted by molar-refractivity contribution is -0.712. The van der Waals surface area contributed by atoms with E-state index in [1.165, 1.54) is 0 Å². The van der Waals surface area contributed by atoms with Crippen molar-refractivity contribution in [2.75, 3.05) is 6.67 Å². The zero-order chi connectivity index (χ0) is 4.12. The summed E-state index contributed by atoms with van der Waals surface area (Å²) < 4.78 is 0. The molecule has 0 aliphatic rings. The number of hydrazine groups is 1. The van der Waals surface area contributed by atoms with E-state index in [-0.39, 0.29) is 0 Å². The second-order valence-corrected chi connectivity index (χ2v) is 0.606. The molecule has 0 rings (SSSR count). The Bertz CT molecular complexity index is 11.1. The lowest BCUT2D eigenvalue weighted by atomic mass is 11.2. The van der Waals surface area contributed by atoms with Crippen LogP contribution in [0.2, 0.25) is 0 Å². The van der Waals surface area contributed by atoms with E-state index in [4.69, 9.17) is 11.6 Å². The summed E-state index contributed by atoms with van der Waals surface area (Å²) in [5.74, 6) is 4.75. The molecule has 0 aliphatic heterocycles. The van der Waals surface area contributed by atoms with E-state index in [0.29, 0.717) is 6.67 Å². The van der Waals surface area contributed by atoms with Crippen LogP contribution in [0.15, 0.2) is 0 Å². The highest BCUT2D eigenvalue weighted by Crippen LogP contribution is 0.867. The topological polar surface area (TPSA) is 80.7 Å². The lowest BCUT2D eigenvalue weighted by Gasteiger charge is -1.85. The van der Waals surface area contributed by atoms with E-state index in [9.17, 15) is 0 Å². The summed E-state index contributed by atoms with van der Waals surface area (Å²) in [7, 11) is 0. The maximum atomic E-state index is 4.94. The number of rotatable bonds is 2. The minimum absolute atomic E-state index is 0.483. The van der Waals surface area contributed by atoms with Crippen LogP contribution in [0.5, 0.6) is 0 Å². The molecule has 0 unspecified atom stereocenters. The molecular formula is CH9N4+. The van der Waals surface area contributed by atoms with Crippen molar-refractivity contribution in [2.45, 2.75) is 0 Å². The normalized spacial score (nSPS) is 8.40. The van der Waals surface area contributed by atoms with Crippen molar-refractivity contribution >= 4 is 0 Å². The molecule has 0 heterocycles. The third-order valence-corrected chi connectivity index (χ3v) is 0.236. The van der Waals surface area contributed by atoms with Crippen LogP contribution < -0.4 is 22.5 Å². The van der Waals surface area contributed by atoms with Gasteiger partial charge in [-0.2, -0.15) is 0 Å². The predicted molar refractivity (Wildman–Crippen MR) is 18.3 cm³/mol. The number of hydrogen-bond donors (Lipinski definition) is 4. The third kappa shape index (κ3) is 3.84. The summed E-state index contributed by atoms with van der Waals surface area (Å²) in [5.41, 5.74) is 8.76. The van der Waals surface area contributed by atoms with E-state index in [1.54, 1.807) is 5.43 Å². The van der Waals surface area contributed by atoms with Crippen molar-refractivity contribution in [3.63, 3.8) is 0 Å². The largest absolute Gasteiger partial charge is 0.283 e. The van der Waals surface area contributed by atoms with Crippen molar-refractivity contribution < 1.29 is 5.43 Å². The van der Waals surface area contributed by atoms with Crippen LogP contribution >= 0.6 is 0 Å². The fourth-order valence-corrected chi connectivity index (χ4v) is 0.0680. The first-order valence-corrected chi connectivity index (χ1v) is 1.39. The molecule has 0 saturated heterocycles. The van der Waals surface area contributed by atoms with Gasteiger partial charge in [0.25, 0.3) is 0 Å². The van der Waals surface area contributed by atoms with Gasteiger partial charge in [0, 0.05) is 0 Å².